The van der Waals surface area contributed by atoms with Crippen LogP contribution in [0.5, 0.6) is 0 Å². The van der Waals surface area contributed by atoms with Crippen molar-refractivity contribution in [2.45, 2.75) is 202 Å². The Hall–Kier alpha value is -3.78. The summed E-state index contributed by atoms with van der Waals surface area (Å²) in [6.07, 6.45) is 9.87. The average Bonchev–Trinajstić information content (AvgIpc) is 4.01. The van der Waals surface area contributed by atoms with E-state index in [9.17, 15) is 27.2 Å². The molecule has 2 amide bonds. The Morgan fingerprint density at radius 3 is 1.56 bits per heavy atom. The molecule has 1 atom stereocenters. The summed E-state index contributed by atoms with van der Waals surface area (Å²) in [4.78, 5) is 31.9. The Morgan fingerprint density at radius 2 is 1.12 bits per heavy atom. The Labute approximate surface area is 448 Å². The fourth-order valence-electron chi connectivity index (χ4n) is 10.5. The highest BCUT2D eigenvalue weighted by Gasteiger charge is 2.45. The van der Waals surface area contributed by atoms with Crippen LogP contribution in [0.15, 0.2) is 6.08 Å². The lowest BCUT2D eigenvalue weighted by Crippen LogP contribution is -2.38. The number of carbonyl (C=O) groups is 2. The number of ether oxygens (including phenoxy) is 4. The molecule has 1 unspecified atom stereocenters. The lowest BCUT2D eigenvalue weighted by molar-refractivity contribution is -0.000124. The van der Waals surface area contributed by atoms with Crippen LogP contribution in [-0.2, 0) is 58.0 Å². The zero-order valence-electron chi connectivity index (χ0n) is 47.9. The number of hydrogen-bond donors (Lipinski definition) is 1. The van der Waals surface area contributed by atoms with Crippen molar-refractivity contribution in [3.63, 3.8) is 0 Å². The maximum Gasteiger partial charge on any atom is 0.410 e. The molecule has 2 aromatic heterocycles. The molecule has 0 bridgehead atoms. The smallest absolute Gasteiger partial charge is 0.410 e. The van der Waals surface area contributed by atoms with Gasteiger partial charge in [-0.3, -0.25) is 19.2 Å². The van der Waals surface area contributed by atoms with Gasteiger partial charge in [-0.25, -0.2) is 27.2 Å². The number of carbonyl (C=O) groups excluding carboxylic acids is 2. The summed E-state index contributed by atoms with van der Waals surface area (Å²) in [7, 11) is 8.39. The summed E-state index contributed by atoms with van der Waals surface area (Å²) in [5, 5.41) is 16.3. The van der Waals surface area contributed by atoms with Gasteiger partial charge in [-0.05, 0) is 150 Å². The van der Waals surface area contributed by atoms with Gasteiger partial charge in [-0.15, -0.1) is 0 Å². The van der Waals surface area contributed by atoms with Crippen molar-refractivity contribution in [2.75, 3.05) is 87.9 Å². The van der Waals surface area contributed by atoms with Gasteiger partial charge in [0, 0.05) is 90.5 Å². The molecule has 15 nitrogen and oxygen atoms in total. The SMILES string of the molecule is C.CCOCC1(CC)CC=C(c2c(CN(C)CCN(C)C(=O)OC(C)(C)C)nn3c2CC(F)(F)C3)CC1.CCOCC1(CC)CCC(c2c(CN(C)CCN(C)C(=O)OC(C)(C)C)nn3c2CC(F)(F)C3)CC1.CO. The van der Waals surface area contributed by atoms with Crippen LogP contribution in [0.3, 0.4) is 0 Å². The molecule has 19 heteroatoms. The van der Waals surface area contributed by atoms with Crippen molar-refractivity contribution < 1.29 is 51.2 Å². The number of aliphatic hydroxyl groups is 1. The van der Waals surface area contributed by atoms with Gasteiger partial charge < -0.3 is 33.9 Å². The summed E-state index contributed by atoms with van der Waals surface area (Å²) in [5.41, 5.74) is 5.40. The molecule has 75 heavy (non-hydrogen) atoms. The number of fused-ring (bicyclic) bond motifs is 2. The van der Waals surface area contributed by atoms with E-state index in [4.69, 9.17) is 24.1 Å². The van der Waals surface area contributed by atoms with Crippen molar-refractivity contribution in [1.82, 2.24) is 39.2 Å². The molecule has 2 aliphatic carbocycles. The first-order valence-corrected chi connectivity index (χ1v) is 27.0. The van der Waals surface area contributed by atoms with Gasteiger partial charge in [0.05, 0.1) is 43.1 Å². The number of likely N-dealkylation sites (N-methyl/N-ethyl adjacent to an activating group) is 4. The maximum atomic E-state index is 14.3. The first-order chi connectivity index (χ1) is 34.6. The van der Waals surface area contributed by atoms with Gasteiger partial charge in [-0.1, -0.05) is 27.4 Å². The van der Waals surface area contributed by atoms with Gasteiger partial charge in [0.25, 0.3) is 11.8 Å². The number of amides is 2. The van der Waals surface area contributed by atoms with E-state index in [2.05, 4.69) is 39.9 Å². The first-order valence-electron chi connectivity index (χ1n) is 27.0. The molecule has 1 fully saturated rings. The van der Waals surface area contributed by atoms with Gasteiger partial charge in [0.1, 0.15) is 24.3 Å². The number of aromatic nitrogens is 4. The standard InChI is InChI=1S/C27H46F2N4O3.C27H44F2N4O3.CH4O.CH4/c2*1-8-26(19-35-9-2)12-10-20(11-13-26)23-21(30-33-18-27(28,29)16-22(23)33)17-31(6)14-15-32(7)24(34)36-25(3,4)5;1-2;/h20H,8-19H2,1-7H3;10H,8-9,11-19H2,1-7H3;2H,1H3;1H4. The molecule has 4 heterocycles. The van der Waals surface area contributed by atoms with Crippen molar-refractivity contribution in [1.29, 1.82) is 0 Å². The molecule has 1 saturated carbocycles. The number of nitrogens with zero attached hydrogens (tertiary/aromatic N) is 8. The van der Waals surface area contributed by atoms with Crippen LogP contribution in [0.25, 0.3) is 5.57 Å². The summed E-state index contributed by atoms with van der Waals surface area (Å²) in [5.74, 6) is -5.24. The van der Waals surface area contributed by atoms with Crippen LogP contribution in [0.2, 0.25) is 0 Å². The summed E-state index contributed by atoms with van der Waals surface area (Å²) < 4.78 is 82.6. The van der Waals surface area contributed by atoms with Crippen molar-refractivity contribution in [2.24, 2.45) is 10.8 Å². The van der Waals surface area contributed by atoms with Crippen molar-refractivity contribution in [3.05, 3.63) is 40.0 Å². The molecule has 0 radical (unpaired) electrons. The normalized spacial score (nSPS) is 21.7. The van der Waals surface area contributed by atoms with Crippen LogP contribution in [-0.4, -0.2) is 167 Å². The number of aliphatic hydroxyl groups excluding tert-OH is 1. The summed E-state index contributed by atoms with van der Waals surface area (Å²) in [6, 6.07) is 0. The molecule has 4 aliphatic rings. The van der Waals surface area contributed by atoms with Crippen LogP contribution < -0.4 is 0 Å². The second-order valence-electron chi connectivity index (χ2n) is 23.4. The largest absolute Gasteiger partial charge is 0.444 e. The number of rotatable bonds is 20. The molecule has 0 spiro atoms. The topological polar surface area (TPSA) is 140 Å². The van der Waals surface area contributed by atoms with E-state index >= 15 is 0 Å². The van der Waals surface area contributed by atoms with Crippen molar-refractivity contribution in [3.8, 4) is 0 Å². The maximum absolute atomic E-state index is 14.3. The van der Waals surface area contributed by atoms with E-state index in [1.165, 1.54) is 4.68 Å². The fourth-order valence-corrected chi connectivity index (χ4v) is 10.5. The predicted octanol–water partition coefficient (Wildman–Crippen LogP) is 11.1. The Balaban J connectivity index is 0.000000378. The molecule has 2 aromatic rings. The van der Waals surface area contributed by atoms with E-state index in [1.54, 1.807) is 28.6 Å². The number of halogens is 4. The highest BCUT2D eigenvalue weighted by Crippen LogP contribution is 2.49. The monoisotopic (exact) mass is 1070 g/mol. The minimum atomic E-state index is -2.75. The van der Waals surface area contributed by atoms with E-state index < -0.39 is 23.0 Å². The predicted molar refractivity (Wildman–Crippen MR) is 288 cm³/mol. The van der Waals surface area contributed by atoms with Gasteiger partial charge >= 0.3 is 12.2 Å². The third-order valence-corrected chi connectivity index (χ3v) is 15.0. The second kappa shape index (κ2) is 27.7. The third-order valence-electron chi connectivity index (χ3n) is 15.0. The number of alkyl halides is 4. The molecular weight excluding hydrogens is 973 g/mol. The van der Waals surface area contributed by atoms with Crippen LogP contribution in [0.1, 0.15) is 174 Å². The van der Waals surface area contributed by atoms with E-state index in [0.29, 0.717) is 57.3 Å². The van der Waals surface area contributed by atoms with Gasteiger partial charge in [0.2, 0.25) is 0 Å². The van der Waals surface area contributed by atoms with E-state index in [-0.39, 0.29) is 62.3 Å². The fraction of sp³-hybridized carbons (Fsp3) is 0.821. The molecule has 1 N–H and O–H groups in total. The molecule has 6 rings (SSSR count). The van der Waals surface area contributed by atoms with Gasteiger partial charge in [0.15, 0.2) is 0 Å². The first kappa shape index (κ1) is 65.5. The average molecular weight is 1070 g/mol. The minimum absolute atomic E-state index is 0. The lowest BCUT2D eigenvalue weighted by Gasteiger charge is -2.40. The van der Waals surface area contributed by atoms with Crippen LogP contribution in [0.4, 0.5) is 27.2 Å². The summed E-state index contributed by atoms with van der Waals surface area (Å²) in [6.45, 7) is 25.1. The van der Waals surface area contributed by atoms with E-state index in [0.717, 1.165) is 113 Å². The Kier molecular flexibility index (Phi) is 24.2. The van der Waals surface area contributed by atoms with Crippen LogP contribution >= 0.6 is 0 Å². The zero-order valence-corrected chi connectivity index (χ0v) is 47.9. The Morgan fingerprint density at radius 1 is 0.680 bits per heavy atom. The highest BCUT2D eigenvalue weighted by atomic mass is 19.3. The second-order valence-corrected chi connectivity index (χ2v) is 23.4. The lowest BCUT2D eigenvalue weighted by atomic mass is 9.67. The zero-order chi connectivity index (χ0) is 55.5. The van der Waals surface area contributed by atoms with E-state index in [1.807, 2.05) is 69.5 Å². The number of hydrogen-bond acceptors (Lipinski definition) is 11. The molecule has 432 valence electrons. The summed E-state index contributed by atoms with van der Waals surface area (Å²) >= 11 is 0. The Bertz CT molecular complexity index is 2140. The molecule has 0 saturated heterocycles. The van der Waals surface area contributed by atoms with Crippen LogP contribution in [0, 0.1) is 10.8 Å². The quantitative estimate of drug-likeness (QED) is 0.127. The molecule has 0 aromatic carbocycles. The minimum Gasteiger partial charge on any atom is -0.444 e. The highest BCUT2D eigenvalue weighted by molar-refractivity contribution is 5.71. The van der Waals surface area contributed by atoms with Crippen molar-refractivity contribution >= 4 is 17.8 Å². The molecular formula is C56H98F4N8O7. The number of allylic oxidation sites excluding steroid dienone is 2. The third kappa shape index (κ3) is 18.7. The van der Waals surface area contributed by atoms with Gasteiger partial charge in [-0.2, -0.15) is 10.2 Å². The molecule has 2 aliphatic heterocycles.